The second-order valence-corrected chi connectivity index (χ2v) is 6.09. The first-order valence-electron chi connectivity index (χ1n) is 7.36. The third-order valence-corrected chi connectivity index (χ3v) is 4.75. The summed E-state index contributed by atoms with van der Waals surface area (Å²) in [6, 6.07) is 10.7. The lowest BCUT2D eigenvalue weighted by atomic mass is 9.82. The van der Waals surface area contributed by atoms with Crippen LogP contribution in [0.25, 0.3) is 0 Å². The number of H-pyrrole nitrogens is 1. The molecule has 0 saturated carbocycles. The Morgan fingerprint density at radius 2 is 2.14 bits per heavy atom. The summed E-state index contributed by atoms with van der Waals surface area (Å²) in [5, 5.41) is 20.3. The van der Waals surface area contributed by atoms with Crippen LogP contribution >= 0.6 is 11.8 Å². The molecule has 1 unspecified atom stereocenters. The molecule has 1 aromatic heterocycles. The summed E-state index contributed by atoms with van der Waals surface area (Å²) in [6.07, 6.45) is 5.81. The van der Waals surface area contributed by atoms with Crippen molar-refractivity contribution in [2.24, 2.45) is 0 Å². The first-order valence-corrected chi connectivity index (χ1v) is 8.59. The lowest BCUT2D eigenvalue weighted by Crippen LogP contribution is -2.18. The molecular weight excluding hydrogens is 292 g/mol. The van der Waals surface area contributed by atoms with Crippen LogP contribution < -0.4 is 5.32 Å². The van der Waals surface area contributed by atoms with Gasteiger partial charge in [0.15, 0.2) is 5.82 Å². The average molecular weight is 310 g/mol. The standard InChI is InChI=1S/C17H18N4S/c1-3-6-14-12(9-18)16(13-10-19-21-17(13)20-14)11-7-4-5-8-15(11)22-2/h4-5,7-8,10,16H,3,6H2,1-2H3,(H2,19,20,21). The monoisotopic (exact) mass is 310 g/mol. The number of nitrogens with one attached hydrogen (secondary N) is 2. The van der Waals surface area contributed by atoms with E-state index in [2.05, 4.69) is 46.9 Å². The van der Waals surface area contributed by atoms with Gasteiger partial charge in [-0.25, -0.2) is 0 Å². The van der Waals surface area contributed by atoms with Crippen molar-refractivity contribution in [3.63, 3.8) is 0 Å². The minimum absolute atomic E-state index is 0.0507. The van der Waals surface area contributed by atoms with Crippen molar-refractivity contribution in [2.45, 2.75) is 30.6 Å². The van der Waals surface area contributed by atoms with Gasteiger partial charge in [0.2, 0.25) is 0 Å². The summed E-state index contributed by atoms with van der Waals surface area (Å²) in [5.41, 5.74) is 4.00. The molecule has 0 radical (unpaired) electrons. The molecule has 0 bridgehead atoms. The van der Waals surface area contributed by atoms with E-state index in [0.29, 0.717) is 0 Å². The van der Waals surface area contributed by atoms with E-state index >= 15 is 0 Å². The molecule has 1 atom stereocenters. The summed E-state index contributed by atoms with van der Waals surface area (Å²) < 4.78 is 0. The number of anilines is 1. The first-order chi connectivity index (χ1) is 10.8. The number of allylic oxidation sites excluding steroid dienone is 2. The van der Waals surface area contributed by atoms with E-state index in [1.165, 1.54) is 10.5 Å². The summed E-state index contributed by atoms with van der Waals surface area (Å²) >= 11 is 1.71. The molecule has 1 aliphatic rings. The molecule has 22 heavy (non-hydrogen) atoms. The lowest BCUT2D eigenvalue weighted by Gasteiger charge is -2.27. The van der Waals surface area contributed by atoms with Gasteiger partial charge in [0, 0.05) is 22.4 Å². The van der Waals surface area contributed by atoms with E-state index in [9.17, 15) is 5.26 Å². The zero-order chi connectivity index (χ0) is 15.5. The highest BCUT2D eigenvalue weighted by molar-refractivity contribution is 7.98. The zero-order valence-electron chi connectivity index (χ0n) is 12.7. The Kier molecular flexibility index (Phi) is 4.21. The maximum Gasteiger partial charge on any atom is 0.156 e. The fourth-order valence-electron chi connectivity index (χ4n) is 2.97. The predicted octanol–water partition coefficient (Wildman–Crippen LogP) is 4.27. The topological polar surface area (TPSA) is 64.5 Å². The third kappa shape index (κ3) is 2.40. The number of thioether (sulfide) groups is 1. The number of aromatic nitrogens is 2. The molecule has 0 spiro atoms. The highest BCUT2D eigenvalue weighted by Crippen LogP contribution is 2.43. The van der Waals surface area contributed by atoms with E-state index in [-0.39, 0.29) is 5.92 Å². The molecule has 2 heterocycles. The van der Waals surface area contributed by atoms with Crippen LogP contribution in [-0.2, 0) is 0 Å². The first kappa shape index (κ1) is 14.7. The summed E-state index contributed by atoms with van der Waals surface area (Å²) in [7, 11) is 0. The van der Waals surface area contributed by atoms with E-state index in [0.717, 1.165) is 35.5 Å². The molecule has 1 aliphatic heterocycles. The van der Waals surface area contributed by atoms with Crippen molar-refractivity contribution < 1.29 is 0 Å². The predicted molar refractivity (Wildman–Crippen MR) is 89.8 cm³/mol. The number of aromatic amines is 1. The molecule has 5 heteroatoms. The molecule has 2 N–H and O–H groups in total. The number of benzene rings is 1. The maximum atomic E-state index is 9.76. The van der Waals surface area contributed by atoms with Gasteiger partial charge in [-0.3, -0.25) is 5.10 Å². The Morgan fingerprint density at radius 1 is 1.32 bits per heavy atom. The van der Waals surface area contributed by atoms with Gasteiger partial charge in [-0.1, -0.05) is 31.5 Å². The van der Waals surface area contributed by atoms with Crippen molar-refractivity contribution >= 4 is 17.6 Å². The van der Waals surface area contributed by atoms with Crippen LogP contribution in [0.4, 0.5) is 5.82 Å². The quantitative estimate of drug-likeness (QED) is 0.828. The fraction of sp³-hybridized carbons (Fsp3) is 0.294. The van der Waals surface area contributed by atoms with Gasteiger partial charge in [-0.15, -0.1) is 11.8 Å². The van der Waals surface area contributed by atoms with Crippen molar-refractivity contribution in [2.75, 3.05) is 11.6 Å². The molecule has 0 fully saturated rings. The van der Waals surface area contributed by atoms with Crippen molar-refractivity contribution in [1.82, 2.24) is 10.2 Å². The smallest absolute Gasteiger partial charge is 0.156 e. The van der Waals surface area contributed by atoms with E-state index < -0.39 is 0 Å². The van der Waals surface area contributed by atoms with Gasteiger partial charge in [0.25, 0.3) is 0 Å². The Morgan fingerprint density at radius 3 is 2.86 bits per heavy atom. The molecular formula is C17H18N4S. The number of rotatable bonds is 4. The van der Waals surface area contributed by atoms with E-state index in [1.54, 1.807) is 11.8 Å². The van der Waals surface area contributed by atoms with Crippen LogP contribution in [0.15, 0.2) is 46.6 Å². The Bertz CT molecular complexity index is 754. The van der Waals surface area contributed by atoms with Gasteiger partial charge >= 0.3 is 0 Å². The molecule has 1 aromatic carbocycles. The highest BCUT2D eigenvalue weighted by atomic mass is 32.2. The van der Waals surface area contributed by atoms with Gasteiger partial charge in [0.05, 0.1) is 17.6 Å². The number of hydrogen-bond donors (Lipinski definition) is 2. The second-order valence-electron chi connectivity index (χ2n) is 5.24. The van der Waals surface area contributed by atoms with Crippen LogP contribution in [0.2, 0.25) is 0 Å². The third-order valence-electron chi connectivity index (χ3n) is 3.93. The highest BCUT2D eigenvalue weighted by Gasteiger charge is 2.32. The maximum absolute atomic E-state index is 9.76. The number of nitrogens with zero attached hydrogens (tertiary/aromatic N) is 2. The second kappa shape index (κ2) is 6.29. The largest absolute Gasteiger partial charge is 0.341 e. The average Bonchev–Trinajstić information content (AvgIpc) is 3.01. The normalized spacial score (nSPS) is 16.9. The van der Waals surface area contributed by atoms with Gasteiger partial charge in [-0.2, -0.15) is 10.4 Å². The summed E-state index contributed by atoms with van der Waals surface area (Å²) in [5.74, 6) is 0.786. The molecule has 0 aliphatic carbocycles. The minimum atomic E-state index is -0.0507. The van der Waals surface area contributed by atoms with Crippen LogP contribution in [0.3, 0.4) is 0 Å². The molecule has 2 aromatic rings. The Balaban J connectivity index is 2.20. The van der Waals surface area contributed by atoms with Crippen molar-refractivity contribution in [1.29, 1.82) is 5.26 Å². The fourth-order valence-corrected chi connectivity index (χ4v) is 3.60. The summed E-state index contributed by atoms with van der Waals surface area (Å²) in [6.45, 7) is 2.12. The minimum Gasteiger partial charge on any atom is -0.341 e. The van der Waals surface area contributed by atoms with Gasteiger partial charge < -0.3 is 5.32 Å². The lowest BCUT2D eigenvalue weighted by molar-refractivity contribution is 0.840. The number of nitriles is 1. The van der Waals surface area contributed by atoms with Crippen molar-refractivity contribution in [3.8, 4) is 6.07 Å². The van der Waals surface area contributed by atoms with Crippen LogP contribution in [0.5, 0.6) is 0 Å². The van der Waals surface area contributed by atoms with Gasteiger partial charge in [-0.05, 0) is 24.3 Å². The molecule has 4 nitrogen and oxygen atoms in total. The Labute approximate surface area is 134 Å². The van der Waals surface area contributed by atoms with Crippen LogP contribution in [-0.4, -0.2) is 16.5 Å². The van der Waals surface area contributed by atoms with Crippen LogP contribution in [0, 0.1) is 11.3 Å². The van der Waals surface area contributed by atoms with Crippen molar-refractivity contribution in [3.05, 3.63) is 52.9 Å². The summed E-state index contributed by atoms with van der Waals surface area (Å²) in [4.78, 5) is 1.20. The zero-order valence-corrected chi connectivity index (χ0v) is 13.5. The van der Waals surface area contributed by atoms with Crippen LogP contribution in [0.1, 0.15) is 36.8 Å². The SMILES string of the molecule is CCCC1=C(C#N)C(c2ccccc2SC)c2c[nH]nc2N1. The molecule has 3 rings (SSSR count). The number of hydrogen-bond acceptors (Lipinski definition) is 4. The number of fused-ring (bicyclic) bond motifs is 1. The Hall–Kier alpha value is -2.19. The van der Waals surface area contributed by atoms with Gasteiger partial charge in [0.1, 0.15) is 0 Å². The van der Waals surface area contributed by atoms with E-state index in [4.69, 9.17) is 0 Å². The van der Waals surface area contributed by atoms with E-state index in [1.807, 2.05) is 18.3 Å². The molecule has 112 valence electrons. The molecule has 0 amide bonds. The molecule has 0 saturated heterocycles.